The molecule has 1 saturated heterocycles. The maximum atomic E-state index is 12.6. The van der Waals surface area contributed by atoms with Gasteiger partial charge >= 0.3 is 0 Å². The molecule has 3 rings (SSSR count). The first-order valence-corrected chi connectivity index (χ1v) is 8.48. The number of hydrogen-bond donors (Lipinski definition) is 1. The van der Waals surface area contributed by atoms with Crippen molar-refractivity contribution >= 4 is 10.0 Å². The van der Waals surface area contributed by atoms with Crippen LogP contribution in [-0.4, -0.2) is 40.6 Å². The molecule has 2 aromatic heterocycles. The van der Waals surface area contributed by atoms with Crippen LogP contribution in [0.15, 0.2) is 23.6 Å². The minimum atomic E-state index is -3.65. The molecular formula is C13H19N5O3S. The first kappa shape index (κ1) is 15.2. The van der Waals surface area contributed by atoms with Gasteiger partial charge in [0, 0.05) is 38.0 Å². The van der Waals surface area contributed by atoms with Crippen LogP contribution >= 0.6 is 0 Å². The van der Waals surface area contributed by atoms with Gasteiger partial charge in [-0.25, -0.2) is 13.1 Å². The molecule has 8 nitrogen and oxygen atoms in total. The molecule has 2 atom stereocenters. The Morgan fingerprint density at radius 1 is 1.32 bits per heavy atom. The monoisotopic (exact) mass is 325 g/mol. The van der Waals surface area contributed by atoms with E-state index in [1.807, 2.05) is 13.2 Å². The molecule has 1 aliphatic rings. The summed E-state index contributed by atoms with van der Waals surface area (Å²) in [6, 6.07) is -0.316. The number of aryl methyl sites for hydroxylation is 3. The number of sulfonamides is 1. The molecule has 0 radical (unpaired) electrons. The number of aromatic nitrogens is 4. The topological polar surface area (TPSA) is 91.0 Å². The molecule has 0 unspecified atom stereocenters. The molecule has 0 saturated carbocycles. The molecule has 1 fully saturated rings. The molecule has 120 valence electrons. The molecule has 1 aliphatic heterocycles. The average Bonchev–Trinajstić information content (AvgIpc) is 3.11. The maximum Gasteiger partial charge on any atom is 0.258 e. The van der Waals surface area contributed by atoms with Gasteiger partial charge in [0.15, 0.2) is 5.03 Å². The van der Waals surface area contributed by atoms with Crippen molar-refractivity contribution in [1.82, 2.24) is 24.3 Å². The highest BCUT2D eigenvalue weighted by atomic mass is 32.2. The van der Waals surface area contributed by atoms with Crippen LogP contribution in [0.2, 0.25) is 0 Å². The van der Waals surface area contributed by atoms with Crippen LogP contribution in [0.5, 0.6) is 0 Å². The van der Waals surface area contributed by atoms with Gasteiger partial charge in [0.2, 0.25) is 0 Å². The lowest BCUT2D eigenvalue weighted by atomic mass is 10.1. The van der Waals surface area contributed by atoms with E-state index >= 15 is 0 Å². The zero-order valence-electron chi connectivity index (χ0n) is 12.7. The van der Waals surface area contributed by atoms with Gasteiger partial charge in [-0.1, -0.05) is 0 Å². The van der Waals surface area contributed by atoms with Gasteiger partial charge in [-0.3, -0.25) is 9.36 Å². The Labute approximate surface area is 129 Å². The Morgan fingerprint density at radius 3 is 2.68 bits per heavy atom. The van der Waals surface area contributed by atoms with Crippen LogP contribution in [-0.2, 0) is 28.9 Å². The zero-order valence-corrected chi connectivity index (χ0v) is 13.5. The third-order valence-corrected chi connectivity index (χ3v) is 5.47. The zero-order chi connectivity index (χ0) is 15.9. The fourth-order valence-electron chi connectivity index (χ4n) is 2.80. The number of nitrogens with zero attached hydrogens (tertiary/aromatic N) is 4. The van der Waals surface area contributed by atoms with E-state index < -0.39 is 10.0 Å². The van der Waals surface area contributed by atoms with Crippen molar-refractivity contribution in [3.63, 3.8) is 0 Å². The predicted octanol–water partition coefficient (Wildman–Crippen LogP) is 0.271. The highest BCUT2D eigenvalue weighted by Crippen LogP contribution is 2.30. The lowest BCUT2D eigenvalue weighted by molar-refractivity contribution is 0.102. The highest BCUT2D eigenvalue weighted by Gasteiger charge is 2.35. The lowest BCUT2D eigenvalue weighted by Gasteiger charge is -2.19. The smallest absolute Gasteiger partial charge is 0.258 e. The van der Waals surface area contributed by atoms with E-state index in [9.17, 15) is 8.42 Å². The molecule has 0 bridgehead atoms. The molecule has 3 heterocycles. The summed E-state index contributed by atoms with van der Waals surface area (Å²) in [6.45, 7) is 2.24. The van der Waals surface area contributed by atoms with E-state index in [-0.39, 0.29) is 17.2 Å². The number of hydrogen-bond acceptors (Lipinski definition) is 5. The van der Waals surface area contributed by atoms with Gasteiger partial charge in [-0.2, -0.15) is 10.2 Å². The number of ether oxygens (including phenoxy) is 1. The van der Waals surface area contributed by atoms with Gasteiger partial charge < -0.3 is 4.74 Å². The van der Waals surface area contributed by atoms with Crippen molar-refractivity contribution < 1.29 is 13.2 Å². The minimum absolute atomic E-state index is 0.185. The van der Waals surface area contributed by atoms with Crippen LogP contribution in [0.1, 0.15) is 23.7 Å². The van der Waals surface area contributed by atoms with E-state index in [2.05, 4.69) is 14.9 Å². The lowest BCUT2D eigenvalue weighted by Crippen LogP contribution is -2.37. The fraction of sp³-hybridized carbons (Fsp3) is 0.538. The van der Waals surface area contributed by atoms with Crippen molar-refractivity contribution in [3.05, 3.63) is 29.7 Å². The first-order valence-electron chi connectivity index (χ1n) is 6.99. The Kier molecular flexibility index (Phi) is 3.79. The van der Waals surface area contributed by atoms with E-state index in [0.29, 0.717) is 18.6 Å². The maximum absolute atomic E-state index is 12.6. The summed E-state index contributed by atoms with van der Waals surface area (Å²) in [7, 11) is -0.220. The first-order chi connectivity index (χ1) is 10.4. The van der Waals surface area contributed by atoms with Gasteiger partial charge in [0.1, 0.15) is 6.10 Å². The SMILES string of the molecule is Cc1cnn(C)c1S(=O)(=O)N[C@H]1CCO[C@@H]1c1cnn(C)c1. The van der Waals surface area contributed by atoms with Crippen LogP contribution in [0.25, 0.3) is 0 Å². The van der Waals surface area contributed by atoms with Gasteiger partial charge in [0.05, 0.1) is 18.4 Å². The second-order valence-corrected chi connectivity index (χ2v) is 7.14. The molecule has 2 aromatic rings. The summed E-state index contributed by atoms with van der Waals surface area (Å²) < 4.78 is 36.7. The van der Waals surface area contributed by atoms with Crippen molar-refractivity contribution in [2.24, 2.45) is 14.1 Å². The summed E-state index contributed by atoms with van der Waals surface area (Å²) in [6.07, 6.45) is 5.38. The number of nitrogens with one attached hydrogen (secondary N) is 1. The summed E-state index contributed by atoms with van der Waals surface area (Å²) >= 11 is 0. The molecule has 0 aliphatic carbocycles. The summed E-state index contributed by atoms with van der Waals surface area (Å²) in [4.78, 5) is 0. The Hall–Kier alpha value is -1.71. The molecule has 9 heteroatoms. The second kappa shape index (κ2) is 5.49. The summed E-state index contributed by atoms with van der Waals surface area (Å²) in [5.74, 6) is 0. The van der Waals surface area contributed by atoms with Gasteiger partial charge in [0.25, 0.3) is 10.0 Å². The molecule has 0 spiro atoms. The Balaban J connectivity index is 1.85. The Morgan fingerprint density at radius 2 is 2.09 bits per heavy atom. The van der Waals surface area contributed by atoms with Crippen LogP contribution < -0.4 is 4.72 Å². The fourth-order valence-corrected chi connectivity index (χ4v) is 4.43. The minimum Gasteiger partial charge on any atom is -0.372 e. The number of rotatable bonds is 4. The van der Waals surface area contributed by atoms with Gasteiger partial charge in [-0.15, -0.1) is 0 Å². The second-order valence-electron chi connectivity index (χ2n) is 5.51. The van der Waals surface area contributed by atoms with E-state index in [4.69, 9.17) is 4.74 Å². The van der Waals surface area contributed by atoms with Crippen LogP contribution in [0.3, 0.4) is 0 Å². The van der Waals surface area contributed by atoms with Gasteiger partial charge in [-0.05, 0) is 13.3 Å². The predicted molar refractivity (Wildman–Crippen MR) is 78.6 cm³/mol. The molecule has 22 heavy (non-hydrogen) atoms. The van der Waals surface area contributed by atoms with Crippen molar-refractivity contribution in [3.8, 4) is 0 Å². The third kappa shape index (κ3) is 2.67. The average molecular weight is 325 g/mol. The molecule has 0 amide bonds. The summed E-state index contributed by atoms with van der Waals surface area (Å²) in [5, 5.41) is 8.29. The van der Waals surface area contributed by atoms with Crippen LogP contribution in [0.4, 0.5) is 0 Å². The Bertz CT molecular complexity index is 760. The summed E-state index contributed by atoms with van der Waals surface area (Å²) in [5.41, 5.74) is 1.49. The third-order valence-electron chi connectivity index (χ3n) is 3.76. The van der Waals surface area contributed by atoms with E-state index in [1.165, 1.54) is 10.9 Å². The largest absolute Gasteiger partial charge is 0.372 e. The highest BCUT2D eigenvalue weighted by molar-refractivity contribution is 7.89. The van der Waals surface area contributed by atoms with Crippen molar-refractivity contribution in [2.75, 3.05) is 6.61 Å². The van der Waals surface area contributed by atoms with Crippen molar-refractivity contribution in [1.29, 1.82) is 0 Å². The quantitative estimate of drug-likeness (QED) is 0.871. The molecule has 1 N–H and O–H groups in total. The van der Waals surface area contributed by atoms with Crippen LogP contribution in [0, 0.1) is 6.92 Å². The standard InChI is InChI=1S/C13H19N5O3S/c1-9-6-15-18(3)13(9)22(19,20)16-11-4-5-21-12(11)10-7-14-17(2)8-10/h6-8,11-12,16H,4-5H2,1-3H3/t11-,12+/m0/s1. The molecule has 0 aromatic carbocycles. The van der Waals surface area contributed by atoms with E-state index in [1.54, 1.807) is 24.9 Å². The van der Waals surface area contributed by atoms with Crippen molar-refractivity contribution in [2.45, 2.75) is 30.5 Å². The normalized spacial score (nSPS) is 22.3. The molecular weight excluding hydrogens is 306 g/mol. The van der Waals surface area contributed by atoms with E-state index in [0.717, 1.165) is 5.56 Å².